The van der Waals surface area contributed by atoms with Crippen LogP contribution in [0.15, 0.2) is 23.0 Å². The number of aliphatic hydroxyl groups is 3. The number of aliphatic hydroxyl groups excluding tert-OH is 2. The number of nitrogens with zero attached hydrogens (tertiary/aromatic N) is 1. The molecule has 0 spiro atoms. The van der Waals surface area contributed by atoms with Gasteiger partial charge in [-0.25, -0.2) is 0 Å². The molecule has 0 radical (unpaired) electrons. The van der Waals surface area contributed by atoms with Crippen molar-refractivity contribution in [2.75, 3.05) is 25.6 Å². The number of ether oxygens (including phenoxy) is 1. The Balaban J connectivity index is 1.91. The molecular formula is C25H30N2O8. The molecule has 35 heavy (non-hydrogen) atoms. The Morgan fingerprint density at radius 1 is 1.23 bits per heavy atom. The van der Waals surface area contributed by atoms with E-state index in [0.717, 1.165) is 12.1 Å². The monoisotopic (exact) mass is 486 g/mol. The number of phenolic OH excluding ortho intramolecular Hbond substituents is 1. The smallest absolute Gasteiger partial charge is 0.255 e. The van der Waals surface area contributed by atoms with Crippen LogP contribution in [0.25, 0.3) is 5.76 Å². The summed E-state index contributed by atoms with van der Waals surface area (Å²) in [5.74, 6) is -6.38. The number of primary amides is 1. The van der Waals surface area contributed by atoms with Gasteiger partial charge in [-0.15, -0.1) is 0 Å². The molecule has 1 fully saturated rings. The lowest BCUT2D eigenvalue weighted by Crippen LogP contribution is -2.58. The van der Waals surface area contributed by atoms with Crippen LogP contribution in [0, 0.1) is 11.8 Å². The number of nitrogens with two attached hydrogens (primary N) is 1. The van der Waals surface area contributed by atoms with Crippen molar-refractivity contribution in [1.82, 2.24) is 0 Å². The van der Waals surface area contributed by atoms with E-state index in [1.54, 1.807) is 6.07 Å². The molecule has 0 saturated heterocycles. The summed E-state index contributed by atoms with van der Waals surface area (Å²) in [6.07, 6.45) is 0.787. The number of benzene rings is 1. The number of Topliss-reactive ketones (excluding diaryl/α,β-unsaturated/α-hetero) is 2. The zero-order valence-corrected chi connectivity index (χ0v) is 19.9. The van der Waals surface area contributed by atoms with E-state index in [0.29, 0.717) is 17.7 Å². The summed E-state index contributed by atoms with van der Waals surface area (Å²) in [7, 11) is 3.64. The lowest BCUT2D eigenvalue weighted by Gasteiger charge is -2.46. The summed E-state index contributed by atoms with van der Waals surface area (Å²) in [5, 5.41) is 44.3. The number of carbonyl (C=O) groups is 3. The number of carbonyl (C=O) groups excluding carboxylic acids is 3. The second-order valence-electron chi connectivity index (χ2n) is 9.61. The van der Waals surface area contributed by atoms with Crippen LogP contribution in [-0.2, 0) is 32.1 Å². The molecule has 0 aliphatic heterocycles. The van der Waals surface area contributed by atoms with Gasteiger partial charge >= 0.3 is 0 Å². The van der Waals surface area contributed by atoms with Crippen molar-refractivity contribution in [2.24, 2.45) is 17.6 Å². The lowest BCUT2D eigenvalue weighted by atomic mass is 9.59. The van der Waals surface area contributed by atoms with Crippen LogP contribution in [0.4, 0.5) is 5.69 Å². The number of anilines is 1. The van der Waals surface area contributed by atoms with Crippen molar-refractivity contribution in [1.29, 1.82) is 0 Å². The van der Waals surface area contributed by atoms with E-state index >= 15 is 0 Å². The minimum absolute atomic E-state index is 0.0680. The van der Waals surface area contributed by atoms with E-state index in [1.807, 2.05) is 25.9 Å². The van der Waals surface area contributed by atoms with Crippen molar-refractivity contribution in [3.63, 3.8) is 0 Å². The Labute approximate surface area is 202 Å². The summed E-state index contributed by atoms with van der Waals surface area (Å²) < 4.78 is 5.59. The average molecular weight is 487 g/mol. The van der Waals surface area contributed by atoms with Gasteiger partial charge in [0.25, 0.3) is 5.91 Å². The van der Waals surface area contributed by atoms with E-state index in [-0.39, 0.29) is 42.8 Å². The molecule has 6 N–H and O–H groups in total. The molecule has 10 heteroatoms. The largest absolute Gasteiger partial charge is 0.508 e. The van der Waals surface area contributed by atoms with Gasteiger partial charge in [0.1, 0.15) is 22.8 Å². The third-order valence-electron chi connectivity index (χ3n) is 7.21. The van der Waals surface area contributed by atoms with Crippen LogP contribution in [0.1, 0.15) is 42.9 Å². The molecule has 3 unspecified atom stereocenters. The van der Waals surface area contributed by atoms with Gasteiger partial charge < -0.3 is 35.8 Å². The number of ketones is 2. The molecule has 1 amide bonds. The molecular weight excluding hydrogens is 456 g/mol. The van der Waals surface area contributed by atoms with Crippen molar-refractivity contribution < 1.29 is 39.5 Å². The Kier molecular flexibility index (Phi) is 6.14. The molecule has 10 nitrogen and oxygen atoms in total. The lowest BCUT2D eigenvalue weighted by molar-refractivity contribution is -0.147. The highest BCUT2D eigenvalue weighted by Gasteiger charge is 2.60. The topological polar surface area (TPSA) is 171 Å². The van der Waals surface area contributed by atoms with Gasteiger partial charge in [-0.1, -0.05) is 6.92 Å². The quantitative estimate of drug-likeness (QED) is 0.295. The summed E-state index contributed by atoms with van der Waals surface area (Å²) in [5.41, 5.74) is 3.52. The maximum absolute atomic E-state index is 13.6. The Bertz CT molecular complexity index is 1200. The van der Waals surface area contributed by atoms with Crippen molar-refractivity contribution in [3.05, 3.63) is 39.7 Å². The van der Waals surface area contributed by atoms with E-state index in [4.69, 9.17) is 10.5 Å². The average Bonchev–Trinajstić information content (AvgIpc) is 2.77. The maximum atomic E-state index is 13.6. The number of rotatable bonds is 6. The maximum Gasteiger partial charge on any atom is 0.255 e. The van der Waals surface area contributed by atoms with Crippen LogP contribution < -0.4 is 10.6 Å². The van der Waals surface area contributed by atoms with Crippen molar-refractivity contribution >= 4 is 28.9 Å². The molecule has 3 aliphatic rings. The summed E-state index contributed by atoms with van der Waals surface area (Å²) in [6.45, 7) is 2.52. The molecule has 188 valence electrons. The van der Waals surface area contributed by atoms with Gasteiger partial charge in [-0.05, 0) is 36.8 Å². The van der Waals surface area contributed by atoms with Gasteiger partial charge in [-0.2, -0.15) is 0 Å². The first kappa shape index (κ1) is 24.7. The predicted octanol–water partition coefficient (Wildman–Crippen LogP) is 1.42. The number of hydrogen-bond acceptors (Lipinski definition) is 9. The SMILES string of the molecule is CCCOCc1cc(N(C)C)c2c(c1O)C(O)=C1C(=O)C3(O)C(O)=C(C(N)=O)C(=O)CC3CC1C2. The zero-order valence-electron chi connectivity index (χ0n) is 19.9. The molecule has 3 aliphatic carbocycles. The molecule has 1 aromatic rings. The molecule has 1 aromatic carbocycles. The van der Waals surface area contributed by atoms with Gasteiger partial charge in [0.15, 0.2) is 11.4 Å². The molecule has 3 atom stereocenters. The highest BCUT2D eigenvalue weighted by atomic mass is 16.5. The van der Waals surface area contributed by atoms with Crippen molar-refractivity contribution in [2.45, 2.75) is 44.8 Å². The summed E-state index contributed by atoms with van der Waals surface area (Å²) in [6, 6.07) is 1.78. The number of aromatic hydroxyl groups is 1. The van der Waals surface area contributed by atoms with Crippen LogP contribution in [0.2, 0.25) is 0 Å². The Morgan fingerprint density at radius 2 is 1.91 bits per heavy atom. The minimum atomic E-state index is -2.57. The van der Waals surface area contributed by atoms with E-state index in [9.17, 15) is 34.8 Å². The van der Waals surface area contributed by atoms with Gasteiger partial charge in [0, 0.05) is 49.9 Å². The fourth-order valence-electron chi connectivity index (χ4n) is 5.56. The van der Waals surface area contributed by atoms with E-state index in [2.05, 4.69) is 0 Å². The molecule has 0 aromatic heterocycles. The highest BCUT2D eigenvalue weighted by molar-refractivity contribution is 6.22. The Morgan fingerprint density at radius 3 is 2.51 bits per heavy atom. The number of phenols is 1. The normalized spacial score (nSPS) is 25.8. The standard InChI is InChI=1S/C25H30N2O8/c1-4-5-35-10-12-8-15(27(2)3)14-7-11-6-13-9-16(28)19(24(26)33)23(32)25(13,34)22(31)17(11)21(30)18(14)20(12)29/h8,11,13,29-30,32,34H,4-7,9-10H2,1-3H3,(H2,26,33). The predicted molar refractivity (Wildman–Crippen MR) is 126 cm³/mol. The van der Waals surface area contributed by atoms with Crippen LogP contribution in [0.3, 0.4) is 0 Å². The van der Waals surface area contributed by atoms with Gasteiger partial charge in [0.2, 0.25) is 5.78 Å². The number of amides is 1. The number of hydrogen-bond donors (Lipinski definition) is 5. The number of fused-ring (bicyclic) bond motifs is 3. The zero-order chi connectivity index (χ0) is 25.8. The molecule has 0 heterocycles. The highest BCUT2D eigenvalue weighted by Crippen LogP contribution is 2.53. The first-order valence-corrected chi connectivity index (χ1v) is 11.5. The van der Waals surface area contributed by atoms with Gasteiger partial charge in [-0.3, -0.25) is 14.4 Å². The summed E-state index contributed by atoms with van der Waals surface area (Å²) >= 11 is 0. The minimum Gasteiger partial charge on any atom is -0.508 e. The van der Waals surface area contributed by atoms with Crippen LogP contribution >= 0.6 is 0 Å². The molecule has 4 rings (SSSR count). The summed E-state index contributed by atoms with van der Waals surface area (Å²) in [4.78, 5) is 39.6. The van der Waals surface area contributed by atoms with Crippen LogP contribution in [0.5, 0.6) is 5.75 Å². The van der Waals surface area contributed by atoms with E-state index in [1.165, 1.54) is 0 Å². The fraction of sp³-hybridized carbons (Fsp3) is 0.480. The molecule has 0 bridgehead atoms. The molecule has 1 saturated carbocycles. The van der Waals surface area contributed by atoms with E-state index < -0.39 is 52.0 Å². The van der Waals surface area contributed by atoms with Gasteiger partial charge in [0.05, 0.1) is 12.2 Å². The second-order valence-corrected chi connectivity index (χ2v) is 9.61. The fourth-order valence-corrected chi connectivity index (χ4v) is 5.56. The third-order valence-corrected chi connectivity index (χ3v) is 7.21. The van der Waals surface area contributed by atoms with Crippen LogP contribution in [-0.4, -0.2) is 64.2 Å². The third kappa shape index (κ3) is 3.59. The second kappa shape index (κ2) is 8.69. The first-order chi connectivity index (χ1) is 16.4. The first-order valence-electron chi connectivity index (χ1n) is 11.5. The Hall–Kier alpha value is -3.37. The van der Waals surface area contributed by atoms with Crippen molar-refractivity contribution in [3.8, 4) is 5.75 Å².